The highest BCUT2D eigenvalue weighted by atomic mass is 19.1. The maximum Gasteiger partial charge on any atom is 0.280 e. The highest BCUT2D eigenvalue weighted by Crippen LogP contribution is 2.23. The molecule has 26 heavy (non-hydrogen) atoms. The van der Waals surface area contributed by atoms with E-state index >= 15 is 0 Å². The summed E-state index contributed by atoms with van der Waals surface area (Å²) in [6.07, 6.45) is 1.44. The molecule has 2 N–H and O–H groups in total. The Morgan fingerprint density at radius 2 is 1.50 bits per heavy atom. The topological polar surface area (TPSA) is 85.5 Å². The molecule has 0 radical (unpaired) electrons. The molecule has 0 saturated heterocycles. The van der Waals surface area contributed by atoms with Gasteiger partial charge in [-0.3, -0.25) is 9.59 Å². The van der Waals surface area contributed by atoms with E-state index in [9.17, 15) is 14.0 Å². The highest BCUT2D eigenvalue weighted by molar-refractivity contribution is 6.10. The van der Waals surface area contributed by atoms with Gasteiger partial charge in [0.25, 0.3) is 11.8 Å². The van der Waals surface area contributed by atoms with E-state index in [1.807, 2.05) is 6.07 Å². The van der Waals surface area contributed by atoms with Crippen molar-refractivity contribution >= 4 is 11.8 Å². The highest BCUT2D eigenvalue weighted by Gasteiger charge is 2.26. The number of imide groups is 1. The van der Waals surface area contributed by atoms with E-state index in [1.54, 1.807) is 24.3 Å². The number of nitrogens with zero attached hydrogens (tertiary/aromatic N) is 2. The van der Waals surface area contributed by atoms with Crippen LogP contribution in [0.3, 0.4) is 0 Å². The fourth-order valence-electron chi connectivity index (χ4n) is 2.22. The zero-order valence-corrected chi connectivity index (χ0v) is 13.5. The van der Waals surface area contributed by atoms with Gasteiger partial charge in [0.2, 0.25) is 5.88 Å². The Morgan fingerprint density at radius 1 is 0.885 bits per heavy atom. The molecule has 6 nitrogen and oxygen atoms in total. The minimum Gasteiger partial charge on any atom is -0.438 e. The van der Waals surface area contributed by atoms with Gasteiger partial charge in [0, 0.05) is 6.20 Å². The predicted molar refractivity (Wildman–Crippen MR) is 91.8 cm³/mol. The number of hydrogen-bond donors (Lipinski definition) is 1. The van der Waals surface area contributed by atoms with Crippen molar-refractivity contribution in [2.75, 3.05) is 0 Å². The number of para-hydroxylation sites is 1. The first-order valence-corrected chi connectivity index (χ1v) is 7.64. The van der Waals surface area contributed by atoms with E-state index in [1.165, 1.54) is 36.5 Å². The maximum atomic E-state index is 13.8. The van der Waals surface area contributed by atoms with Crippen LogP contribution in [0.2, 0.25) is 0 Å². The molecule has 0 aliphatic rings. The Kier molecular flexibility index (Phi) is 5.00. The molecule has 1 heterocycles. The largest absolute Gasteiger partial charge is 0.438 e. The predicted octanol–water partition coefficient (Wildman–Crippen LogP) is 3.17. The van der Waals surface area contributed by atoms with Crippen molar-refractivity contribution < 1.29 is 18.7 Å². The number of rotatable bonds is 4. The Balaban J connectivity index is 1.88. The molecule has 1 aromatic heterocycles. The zero-order valence-electron chi connectivity index (χ0n) is 13.5. The molecule has 130 valence electrons. The van der Waals surface area contributed by atoms with E-state index in [0.717, 1.165) is 6.07 Å². The number of halogens is 1. The van der Waals surface area contributed by atoms with Gasteiger partial charge in [0.1, 0.15) is 17.1 Å². The van der Waals surface area contributed by atoms with Gasteiger partial charge in [0.15, 0.2) is 0 Å². The Labute approximate surface area is 148 Å². The lowest BCUT2D eigenvalue weighted by atomic mass is 10.2. The van der Waals surface area contributed by atoms with Gasteiger partial charge in [0.05, 0.1) is 5.56 Å². The summed E-state index contributed by atoms with van der Waals surface area (Å²) in [5, 5.41) is 0.341. The molecular weight excluding hydrogens is 337 g/mol. The van der Waals surface area contributed by atoms with Crippen LogP contribution in [-0.4, -0.2) is 21.8 Å². The number of hydrogen-bond acceptors (Lipinski definition) is 5. The van der Waals surface area contributed by atoms with E-state index in [-0.39, 0.29) is 17.0 Å². The molecule has 3 aromatic rings. The number of benzene rings is 2. The second-order valence-electron chi connectivity index (χ2n) is 5.23. The van der Waals surface area contributed by atoms with Crippen molar-refractivity contribution in [2.24, 2.45) is 5.84 Å². The number of amides is 2. The van der Waals surface area contributed by atoms with Crippen LogP contribution >= 0.6 is 0 Å². The van der Waals surface area contributed by atoms with Crippen LogP contribution < -0.4 is 10.6 Å². The van der Waals surface area contributed by atoms with Crippen LogP contribution in [0.5, 0.6) is 11.6 Å². The molecule has 3 rings (SSSR count). The lowest BCUT2D eigenvalue weighted by molar-refractivity contribution is 0.0611. The summed E-state index contributed by atoms with van der Waals surface area (Å²) in [5.74, 6) is 3.48. The summed E-state index contributed by atoms with van der Waals surface area (Å²) in [6, 6.07) is 16.9. The van der Waals surface area contributed by atoms with Crippen LogP contribution in [-0.2, 0) is 0 Å². The second-order valence-corrected chi connectivity index (χ2v) is 5.23. The molecule has 0 fully saturated rings. The fourth-order valence-corrected chi connectivity index (χ4v) is 2.22. The van der Waals surface area contributed by atoms with E-state index in [4.69, 9.17) is 10.6 Å². The minimum absolute atomic E-state index is 0.0134. The molecule has 0 unspecified atom stereocenters. The smallest absolute Gasteiger partial charge is 0.280 e. The van der Waals surface area contributed by atoms with Crippen LogP contribution in [0.4, 0.5) is 4.39 Å². The third-order valence-electron chi connectivity index (χ3n) is 3.50. The van der Waals surface area contributed by atoms with Crippen molar-refractivity contribution in [1.82, 2.24) is 9.99 Å². The summed E-state index contributed by atoms with van der Waals surface area (Å²) < 4.78 is 19.4. The van der Waals surface area contributed by atoms with Gasteiger partial charge in [-0.25, -0.2) is 20.2 Å². The van der Waals surface area contributed by atoms with Crippen LogP contribution in [0.25, 0.3) is 0 Å². The number of nitrogens with two attached hydrogens (primary N) is 1. The van der Waals surface area contributed by atoms with Crippen molar-refractivity contribution in [3.8, 4) is 11.6 Å². The standard InChI is InChI=1S/C19H14FN3O3/c20-16-11-5-4-9-14(16)18(24)23(21)19(25)15-10-6-12-22-17(15)26-13-7-2-1-3-8-13/h1-12H,21H2. The second kappa shape index (κ2) is 7.54. The summed E-state index contributed by atoms with van der Waals surface area (Å²) in [7, 11) is 0. The van der Waals surface area contributed by atoms with E-state index < -0.39 is 17.6 Å². The number of hydrazine groups is 1. The van der Waals surface area contributed by atoms with E-state index in [2.05, 4.69) is 4.98 Å². The Morgan fingerprint density at radius 3 is 2.23 bits per heavy atom. The summed E-state index contributed by atoms with van der Waals surface area (Å²) >= 11 is 0. The molecular formula is C19H14FN3O3. The molecule has 0 spiro atoms. The number of ether oxygens (including phenoxy) is 1. The van der Waals surface area contributed by atoms with Gasteiger partial charge < -0.3 is 4.74 Å². The lowest BCUT2D eigenvalue weighted by Gasteiger charge is -2.16. The summed E-state index contributed by atoms with van der Waals surface area (Å²) in [6.45, 7) is 0. The Bertz CT molecular complexity index is 948. The van der Waals surface area contributed by atoms with Gasteiger partial charge in [-0.1, -0.05) is 30.3 Å². The average molecular weight is 351 g/mol. The summed E-state index contributed by atoms with van der Waals surface area (Å²) in [5.41, 5.74) is -0.332. The zero-order chi connectivity index (χ0) is 18.5. The third-order valence-corrected chi connectivity index (χ3v) is 3.50. The van der Waals surface area contributed by atoms with E-state index in [0.29, 0.717) is 10.8 Å². The minimum atomic E-state index is -0.970. The van der Waals surface area contributed by atoms with Gasteiger partial charge in [-0.2, -0.15) is 0 Å². The normalized spacial score (nSPS) is 10.2. The van der Waals surface area contributed by atoms with Crippen LogP contribution in [0, 0.1) is 5.82 Å². The fraction of sp³-hybridized carbons (Fsp3) is 0. The molecule has 0 saturated carbocycles. The Hall–Kier alpha value is -3.58. The first-order valence-electron chi connectivity index (χ1n) is 7.64. The molecule has 0 bridgehead atoms. The molecule has 2 aromatic carbocycles. The number of aromatic nitrogens is 1. The maximum absolute atomic E-state index is 13.8. The van der Waals surface area contributed by atoms with Crippen molar-refractivity contribution in [1.29, 1.82) is 0 Å². The monoisotopic (exact) mass is 351 g/mol. The van der Waals surface area contributed by atoms with Gasteiger partial charge in [-0.05, 0) is 36.4 Å². The molecule has 0 aliphatic heterocycles. The number of pyridine rings is 1. The lowest BCUT2D eigenvalue weighted by Crippen LogP contribution is -2.43. The molecule has 0 atom stereocenters. The SMILES string of the molecule is NN(C(=O)c1ccccc1F)C(=O)c1cccnc1Oc1ccccc1. The van der Waals surface area contributed by atoms with Crippen LogP contribution in [0.15, 0.2) is 72.9 Å². The van der Waals surface area contributed by atoms with Crippen molar-refractivity contribution in [2.45, 2.75) is 0 Å². The number of carbonyl (C=O) groups is 2. The summed E-state index contributed by atoms with van der Waals surface area (Å²) in [4.78, 5) is 29.0. The first-order chi connectivity index (χ1) is 12.6. The average Bonchev–Trinajstić information content (AvgIpc) is 2.68. The molecule has 0 aliphatic carbocycles. The quantitative estimate of drug-likeness (QED) is 0.338. The number of carbonyl (C=O) groups excluding carboxylic acids is 2. The van der Waals surface area contributed by atoms with Gasteiger partial charge in [-0.15, -0.1) is 0 Å². The van der Waals surface area contributed by atoms with Gasteiger partial charge >= 0.3 is 0 Å². The molecule has 2 amide bonds. The first kappa shape index (κ1) is 17.2. The van der Waals surface area contributed by atoms with Crippen molar-refractivity contribution in [3.63, 3.8) is 0 Å². The van der Waals surface area contributed by atoms with Crippen molar-refractivity contribution in [3.05, 3.63) is 89.9 Å². The van der Waals surface area contributed by atoms with Crippen LogP contribution in [0.1, 0.15) is 20.7 Å². The third kappa shape index (κ3) is 3.57. The molecule has 7 heteroatoms.